The van der Waals surface area contributed by atoms with Crippen LogP contribution in [0, 0.1) is 5.82 Å². The average molecular weight is 439 g/mol. The summed E-state index contributed by atoms with van der Waals surface area (Å²) in [5, 5.41) is 8.59. The van der Waals surface area contributed by atoms with Gasteiger partial charge in [-0.05, 0) is 53.6 Å². The molecular weight excluding hydrogens is 417 g/mol. The molecule has 0 aliphatic carbocycles. The molecule has 0 fully saturated rings. The number of rotatable bonds is 7. The van der Waals surface area contributed by atoms with Gasteiger partial charge in [0.15, 0.2) is 0 Å². The van der Waals surface area contributed by atoms with E-state index in [-0.39, 0.29) is 11.7 Å². The molecule has 5 rings (SSSR count). The minimum absolute atomic E-state index is 0.0513. The van der Waals surface area contributed by atoms with Gasteiger partial charge in [-0.25, -0.2) is 4.39 Å². The van der Waals surface area contributed by atoms with E-state index in [1.54, 1.807) is 30.7 Å². The largest absolute Gasteiger partial charge is 0.361 e. The number of H-pyrrole nitrogens is 1. The second-order valence-electron chi connectivity index (χ2n) is 7.76. The van der Waals surface area contributed by atoms with E-state index in [9.17, 15) is 9.18 Å². The Bertz CT molecular complexity index is 1390. The number of aromatic nitrogens is 4. The standard InChI is InChI=1S/C26H22FN5O/c27-21-7-5-19(6-8-21)26-23(18-9-11-28-12-10-18)17-31-32(26)14-13-29-25(33)15-20-16-30-24-4-2-1-3-22(20)24/h1-12,16-17,30H,13-15H2,(H,29,33). The van der Waals surface area contributed by atoms with Gasteiger partial charge in [0.25, 0.3) is 0 Å². The zero-order chi connectivity index (χ0) is 22.6. The van der Waals surface area contributed by atoms with Crippen LogP contribution >= 0.6 is 0 Å². The van der Waals surface area contributed by atoms with E-state index in [2.05, 4.69) is 20.4 Å². The first-order valence-electron chi connectivity index (χ1n) is 10.7. The molecule has 0 atom stereocenters. The molecule has 0 saturated carbocycles. The quantitative estimate of drug-likeness (QED) is 0.389. The number of nitrogens with zero attached hydrogens (tertiary/aromatic N) is 3. The van der Waals surface area contributed by atoms with Gasteiger partial charge < -0.3 is 10.3 Å². The molecule has 0 unspecified atom stereocenters. The molecule has 0 bridgehead atoms. The van der Waals surface area contributed by atoms with Gasteiger partial charge in [0.2, 0.25) is 5.91 Å². The topological polar surface area (TPSA) is 75.6 Å². The molecule has 3 heterocycles. The maximum atomic E-state index is 13.5. The minimum atomic E-state index is -0.292. The summed E-state index contributed by atoms with van der Waals surface area (Å²) in [6.07, 6.45) is 7.43. The van der Waals surface area contributed by atoms with Crippen LogP contribution < -0.4 is 5.32 Å². The Morgan fingerprint density at radius 1 is 1.00 bits per heavy atom. The maximum Gasteiger partial charge on any atom is 0.224 e. The van der Waals surface area contributed by atoms with Crippen LogP contribution in [0.5, 0.6) is 0 Å². The molecule has 1 amide bonds. The van der Waals surface area contributed by atoms with E-state index in [0.29, 0.717) is 19.5 Å². The number of aromatic amines is 1. The molecule has 2 aromatic carbocycles. The summed E-state index contributed by atoms with van der Waals surface area (Å²) in [7, 11) is 0. The summed E-state index contributed by atoms with van der Waals surface area (Å²) in [6, 6.07) is 18.1. The number of para-hydroxylation sites is 1. The number of nitrogens with one attached hydrogen (secondary N) is 2. The molecule has 0 aliphatic heterocycles. The first-order chi connectivity index (χ1) is 16.2. The SMILES string of the molecule is O=C(Cc1c[nH]c2ccccc12)NCCn1ncc(-c2ccncc2)c1-c1ccc(F)cc1. The molecule has 0 radical (unpaired) electrons. The fourth-order valence-electron chi connectivity index (χ4n) is 4.02. The number of amides is 1. The highest BCUT2D eigenvalue weighted by atomic mass is 19.1. The average Bonchev–Trinajstić information content (AvgIpc) is 3.45. The van der Waals surface area contributed by atoms with Crippen molar-refractivity contribution in [3.05, 3.63) is 96.8 Å². The molecule has 0 spiro atoms. The van der Waals surface area contributed by atoms with Crippen molar-refractivity contribution in [3.63, 3.8) is 0 Å². The molecule has 164 valence electrons. The summed E-state index contributed by atoms with van der Waals surface area (Å²) < 4.78 is 15.4. The number of halogens is 1. The lowest BCUT2D eigenvalue weighted by Gasteiger charge is -2.11. The molecule has 7 heteroatoms. The second-order valence-corrected chi connectivity index (χ2v) is 7.76. The van der Waals surface area contributed by atoms with Crippen molar-refractivity contribution in [2.24, 2.45) is 0 Å². The lowest BCUT2D eigenvalue weighted by Crippen LogP contribution is -2.29. The molecule has 5 aromatic rings. The summed E-state index contributed by atoms with van der Waals surface area (Å²) in [4.78, 5) is 19.8. The Morgan fingerprint density at radius 3 is 2.61 bits per heavy atom. The van der Waals surface area contributed by atoms with Gasteiger partial charge in [-0.2, -0.15) is 5.10 Å². The summed E-state index contributed by atoms with van der Waals surface area (Å²) in [5.74, 6) is -0.343. The van der Waals surface area contributed by atoms with Crippen LogP contribution in [0.1, 0.15) is 5.56 Å². The van der Waals surface area contributed by atoms with Crippen molar-refractivity contribution in [2.45, 2.75) is 13.0 Å². The third-order valence-corrected chi connectivity index (χ3v) is 5.62. The van der Waals surface area contributed by atoms with E-state index >= 15 is 0 Å². The molecule has 6 nitrogen and oxygen atoms in total. The Hall–Kier alpha value is -4.26. The van der Waals surface area contributed by atoms with Crippen LogP contribution in [0.3, 0.4) is 0 Å². The monoisotopic (exact) mass is 439 g/mol. The van der Waals surface area contributed by atoms with E-state index in [4.69, 9.17) is 0 Å². The van der Waals surface area contributed by atoms with E-state index in [1.807, 2.05) is 47.3 Å². The van der Waals surface area contributed by atoms with E-state index in [1.165, 1.54) is 12.1 Å². The smallest absolute Gasteiger partial charge is 0.224 e. The zero-order valence-electron chi connectivity index (χ0n) is 17.8. The van der Waals surface area contributed by atoms with Crippen molar-refractivity contribution in [2.75, 3.05) is 6.54 Å². The summed E-state index contributed by atoms with van der Waals surface area (Å²) >= 11 is 0. The van der Waals surface area contributed by atoms with Gasteiger partial charge in [0.05, 0.1) is 24.9 Å². The summed E-state index contributed by atoms with van der Waals surface area (Å²) in [5.41, 5.74) is 5.60. The van der Waals surface area contributed by atoms with E-state index in [0.717, 1.165) is 38.9 Å². The van der Waals surface area contributed by atoms with E-state index < -0.39 is 0 Å². The Labute approximate surface area is 190 Å². The van der Waals surface area contributed by atoms with Gasteiger partial charge in [-0.15, -0.1) is 0 Å². The summed E-state index contributed by atoms with van der Waals surface area (Å²) in [6.45, 7) is 0.907. The first-order valence-corrected chi connectivity index (χ1v) is 10.7. The highest BCUT2D eigenvalue weighted by Crippen LogP contribution is 2.32. The fraction of sp³-hybridized carbons (Fsp3) is 0.115. The van der Waals surface area contributed by atoms with Crippen molar-refractivity contribution in [1.82, 2.24) is 25.1 Å². The van der Waals surface area contributed by atoms with Gasteiger partial charge >= 0.3 is 0 Å². The number of hydrogen-bond acceptors (Lipinski definition) is 3. The third-order valence-electron chi connectivity index (χ3n) is 5.62. The van der Waals surface area contributed by atoms with Crippen LogP contribution in [-0.4, -0.2) is 32.2 Å². The van der Waals surface area contributed by atoms with Crippen LogP contribution in [0.15, 0.2) is 85.5 Å². The Morgan fingerprint density at radius 2 is 1.79 bits per heavy atom. The first kappa shape index (κ1) is 20.6. The van der Waals surface area contributed by atoms with Crippen molar-refractivity contribution in [3.8, 4) is 22.4 Å². The lowest BCUT2D eigenvalue weighted by atomic mass is 10.0. The molecular formula is C26H22FN5O. The molecule has 33 heavy (non-hydrogen) atoms. The number of hydrogen-bond donors (Lipinski definition) is 2. The van der Waals surface area contributed by atoms with Crippen molar-refractivity contribution in [1.29, 1.82) is 0 Å². The predicted octanol–water partition coefficient (Wildman–Crippen LogP) is 4.59. The molecule has 3 aromatic heterocycles. The second kappa shape index (κ2) is 9.08. The van der Waals surface area contributed by atoms with Gasteiger partial charge in [0.1, 0.15) is 5.82 Å². The van der Waals surface area contributed by atoms with Gasteiger partial charge in [-0.3, -0.25) is 14.5 Å². The maximum absolute atomic E-state index is 13.5. The molecule has 2 N–H and O–H groups in total. The highest BCUT2D eigenvalue weighted by molar-refractivity contribution is 5.88. The van der Waals surface area contributed by atoms with Crippen LogP contribution in [0.4, 0.5) is 4.39 Å². The molecule has 0 aliphatic rings. The Kier molecular flexibility index (Phi) is 5.68. The number of benzene rings is 2. The molecule has 0 saturated heterocycles. The van der Waals surface area contributed by atoms with Crippen molar-refractivity contribution < 1.29 is 9.18 Å². The zero-order valence-corrected chi connectivity index (χ0v) is 17.8. The third kappa shape index (κ3) is 4.39. The predicted molar refractivity (Wildman–Crippen MR) is 126 cm³/mol. The number of pyridine rings is 1. The van der Waals surface area contributed by atoms with Crippen molar-refractivity contribution >= 4 is 16.8 Å². The Balaban J connectivity index is 1.32. The van der Waals surface area contributed by atoms with Crippen LogP contribution in [0.2, 0.25) is 0 Å². The normalized spacial score (nSPS) is 11.1. The van der Waals surface area contributed by atoms with Gasteiger partial charge in [0, 0.05) is 47.2 Å². The van der Waals surface area contributed by atoms with Crippen LogP contribution in [0.25, 0.3) is 33.3 Å². The minimum Gasteiger partial charge on any atom is -0.361 e. The number of fused-ring (bicyclic) bond motifs is 1. The lowest BCUT2D eigenvalue weighted by molar-refractivity contribution is -0.120. The highest BCUT2D eigenvalue weighted by Gasteiger charge is 2.15. The number of carbonyl (C=O) groups is 1. The number of carbonyl (C=O) groups excluding carboxylic acids is 1. The fourth-order valence-corrected chi connectivity index (χ4v) is 4.02. The van der Waals surface area contributed by atoms with Gasteiger partial charge in [-0.1, -0.05) is 18.2 Å². The van der Waals surface area contributed by atoms with Crippen LogP contribution in [-0.2, 0) is 17.8 Å².